The maximum atomic E-state index is 12.9. The van der Waals surface area contributed by atoms with Crippen LogP contribution in [-0.4, -0.2) is 47.8 Å². The van der Waals surface area contributed by atoms with Gasteiger partial charge in [0.15, 0.2) is 5.82 Å². The molecule has 1 aliphatic rings. The SMILES string of the molecule is COc1ccc(C(=O)N2CCC(c3nc(CCOc4ccc(F)cc4)no3)C2)cc1. The molecule has 1 aliphatic heterocycles. The lowest BCUT2D eigenvalue weighted by Crippen LogP contribution is -2.28. The van der Waals surface area contributed by atoms with Crippen molar-refractivity contribution in [2.45, 2.75) is 18.8 Å². The predicted octanol–water partition coefficient (Wildman–Crippen LogP) is 3.47. The molecule has 0 aliphatic carbocycles. The van der Waals surface area contributed by atoms with Crippen molar-refractivity contribution in [3.63, 3.8) is 0 Å². The van der Waals surface area contributed by atoms with E-state index in [2.05, 4.69) is 10.1 Å². The van der Waals surface area contributed by atoms with Crippen LogP contribution in [0.25, 0.3) is 0 Å². The Balaban J connectivity index is 1.29. The first kappa shape index (κ1) is 19.9. The molecule has 1 aromatic heterocycles. The van der Waals surface area contributed by atoms with Crippen LogP contribution in [0.4, 0.5) is 4.39 Å². The minimum atomic E-state index is -0.304. The van der Waals surface area contributed by atoms with Crippen LogP contribution in [0.5, 0.6) is 11.5 Å². The Kier molecular flexibility index (Phi) is 5.92. The van der Waals surface area contributed by atoms with Crippen LogP contribution >= 0.6 is 0 Å². The van der Waals surface area contributed by atoms with E-state index >= 15 is 0 Å². The number of hydrogen-bond acceptors (Lipinski definition) is 6. The van der Waals surface area contributed by atoms with Gasteiger partial charge in [-0.05, 0) is 55.0 Å². The van der Waals surface area contributed by atoms with E-state index < -0.39 is 0 Å². The van der Waals surface area contributed by atoms with E-state index in [1.807, 2.05) is 0 Å². The highest BCUT2D eigenvalue weighted by molar-refractivity contribution is 5.94. The van der Waals surface area contributed by atoms with Gasteiger partial charge in [-0.25, -0.2) is 4.39 Å². The number of amides is 1. The molecule has 0 bridgehead atoms. The van der Waals surface area contributed by atoms with E-state index in [4.69, 9.17) is 14.0 Å². The first-order valence-corrected chi connectivity index (χ1v) is 9.76. The summed E-state index contributed by atoms with van der Waals surface area (Å²) >= 11 is 0. The standard InChI is InChI=1S/C22H22FN3O4/c1-28-18-6-2-15(3-7-18)22(27)26-12-10-16(14-26)21-24-20(25-30-21)11-13-29-19-8-4-17(23)5-9-19/h2-9,16H,10-14H2,1H3. The first-order chi connectivity index (χ1) is 14.6. The first-order valence-electron chi connectivity index (χ1n) is 9.76. The number of likely N-dealkylation sites (tertiary alicyclic amines) is 1. The molecular formula is C22H22FN3O4. The summed E-state index contributed by atoms with van der Waals surface area (Å²) in [4.78, 5) is 19.0. The lowest BCUT2D eigenvalue weighted by atomic mass is 10.1. The number of carbonyl (C=O) groups excluding carboxylic acids is 1. The summed E-state index contributed by atoms with van der Waals surface area (Å²) in [6, 6.07) is 12.9. The summed E-state index contributed by atoms with van der Waals surface area (Å²) in [5, 5.41) is 4.01. The number of ether oxygens (including phenoxy) is 2. The highest BCUT2D eigenvalue weighted by Gasteiger charge is 2.31. The zero-order chi connectivity index (χ0) is 20.9. The third-order valence-electron chi connectivity index (χ3n) is 5.05. The normalized spacial score (nSPS) is 15.9. The van der Waals surface area contributed by atoms with Gasteiger partial charge in [0.1, 0.15) is 17.3 Å². The van der Waals surface area contributed by atoms with E-state index in [1.165, 1.54) is 12.1 Å². The second kappa shape index (κ2) is 8.94. The maximum absolute atomic E-state index is 12.9. The van der Waals surface area contributed by atoms with E-state index in [9.17, 15) is 9.18 Å². The monoisotopic (exact) mass is 411 g/mol. The second-order valence-electron chi connectivity index (χ2n) is 7.07. The molecule has 2 aromatic carbocycles. The van der Waals surface area contributed by atoms with Crippen molar-refractivity contribution in [3.8, 4) is 11.5 Å². The van der Waals surface area contributed by atoms with Gasteiger partial charge < -0.3 is 18.9 Å². The van der Waals surface area contributed by atoms with Gasteiger partial charge in [0.25, 0.3) is 5.91 Å². The highest BCUT2D eigenvalue weighted by atomic mass is 19.1. The summed E-state index contributed by atoms with van der Waals surface area (Å²) in [7, 11) is 1.59. The fourth-order valence-electron chi connectivity index (χ4n) is 3.39. The molecule has 0 radical (unpaired) electrons. The Hall–Kier alpha value is -3.42. The Morgan fingerprint density at radius 1 is 1.17 bits per heavy atom. The van der Waals surface area contributed by atoms with Gasteiger partial charge in [0.2, 0.25) is 5.89 Å². The Labute approximate surface area is 173 Å². The van der Waals surface area contributed by atoms with Crippen molar-refractivity contribution in [1.29, 1.82) is 0 Å². The molecule has 0 N–H and O–H groups in total. The number of methoxy groups -OCH3 is 1. The highest BCUT2D eigenvalue weighted by Crippen LogP contribution is 2.27. The lowest BCUT2D eigenvalue weighted by Gasteiger charge is -2.16. The van der Waals surface area contributed by atoms with E-state index in [-0.39, 0.29) is 17.6 Å². The number of benzene rings is 2. The molecule has 1 fully saturated rings. The topological polar surface area (TPSA) is 77.7 Å². The molecule has 1 amide bonds. The van der Waals surface area contributed by atoms with Crippen molar-refractivity contribution in [3.05, 3.63) is 71.6 Å². The lowest BCUT2D eigenvalue weighted by molar-refractivity contribution is 0.0789. The van der Waals surface area contributed by atoms with Crippen molar-refractivity contribution >= 4 is 5.91 Å². The van der Waals surface area contributed by atoms with Gasteiger partial charge in [0, 0.05) is 25.1 Å². The molecule has 156 valence electrons. The van der Waals surface area contributed by atoms with Crippen LogP contribution in [0.3, 0.4) is 0 Å². The van der Waals surface area contributed by atoms with Crippen molar-refractivity contribution in [2.24, 2.45) is 0 Å². The fraction of sp³-hybridized carbons (Fsp3) is 0.318. The van der Waals surface area contributed by atoms with Gasteiger partial charge in [0.05, 0.1) is 19.6 Å². The van der Waals surface area contributed by atoms with E-state index in [1.54, 1.807) is 48.4 Å². The average molecular weight is 411 g/mol. The molecule has 1 unspecified atom stereocenters. The molecule has 1 atom stereocenters. The van der Waals surface area contributed by atoms with Gasteiger partial charge in [-0.3, -0.25) is 4.79 Å². The zero-order valence-corrected chi connectivity index (χ0v) is 16.6. The quantitative estimate of drug-likeness (QED) is 0.593. The van der Waals surface area contributed by atoms with Crippen LogP contribution in [0, 0.1) is 5.82 Å². The van der Waals surface area contributed by atoms with Crippen LogP contribution in [0.1, 0.15) is 34.4 Å². The van der Waals surface area contributed by atoms with Crippen LogP contribution in [0.2, 0.25) is 0 Å². The molecule has 3 aromatic rings. The molecule has 30 heavy (non-hydrogen) atoms. The molecule has 8 heteroatoms. The van der Waals surface area contributed by atoms with Gasteiger partial charge >= 0.3 is 0 Å². The second-order valence-corrected chi connectivity index (χ2v) is 7.07. The minimum absolute atomic E-state index is 0.0199. The maximum Gasteiger partial charge on any atom is 0.253 e. The largest absolute Gasteiger partial charge is 0.497 e. The average Bonchev–Trinajstić information content (AvgIpc) is 3.44. The van der Waals surface area contributed by atoms with E-state index in [0.717, 1.165) is 6.42 Å². The Morgan fingerprint density at radius 2 is 1.90 bits per heavy atom. The van der Waals surface area contributed by atoms with Crippen LogP contribution < -0.4 is 9.47 Å². The fourth-order valence-corrected chi connectivity index (χ4v) is 3.39. The smallest absolute Gasteiger partial charge is 0.253 e. The number of carbonyl (C=O) groups is 1. The molecule has 0 spiro atoms. The summed E-state index contributed by atoms with van der Waals surface area (Å²) in [6.07, 6.45) is 1.25. The third-order valence-corrected chi connectivity index (χ3v) is 5.05. The molecule has 4 rings (SSSR count). The summed E-state index contributed by atoms with van der Waals surface area (Å²) < 4.78 is 29.0. The van der Waals surface area contributed by atoms with E-state index in [0.29, 0.717) is 54.9 Å². The number of rotatable bonds is 7. The molecule has 0 saturated carbocycles. The summed E-state index contributed by atoms with van der Waals surface area (Å²) in [5.41, 5.74) is 0.626. The molecule has 7 nitrogen and oxygen atoms in total. The van der Waals surface area contributed by atoms with Crippen molar-refractivity contribution in [2.75, 3.05) is 26.8 Å². The number of halogens is 1. The number of aromatic nitrogens is 2. The third kappa shape index (κ3) is 4.59. The van der Waals surface area contributed by atoms with Gasteiger partial charge in [-0.15, -0.1) is 0 Å². The van der Waals surface area contributed by atoms with Crippen molar-refractivity contribution in [1.82, 2.24) is 15.0 Å². The number of nitrogens with zero attached hydrogens (tertiary/aromatic N) is 3. The van der Waals surface area contributed by atoms with Crippen LogP contribution in [-0.2, 0) is 6.42 Å². The van der Waals surface area contributed by atoms with Gasteiger partial charge in [-0.1, -0.05) is 5.16 Å². The summed E-state index contributed by atoms with van der Waals surface area (Å²) in [5.74, 6) is 2.08. The molecular weight excluding hydrogens is 389 g/mol. The number of hydrogen-bond donors (Lipinski definition) is 0. The zero-order valence-electron chi connectivity index (χ0n) is 16.6. The molecule has 1 saturated heterocycles. The Morgan fingerprint density at radius 3 is 2.63 bits per heavy atom. The van der Waals surface area contributed by atoms with Crippen LogP contribution in [0.15, 0.2) is 53.1 Å². The van der Waals surface area contributed by atoms with Crippen molar-refractivity contribution < 1.29 is 23.2 Å². The summed E-state index contributed by atoms with van der Waals surface area (Å²) in [6.45, 7) is 1.54. The van der Waals surface area contributed by atoms with Gasteiger partial charge in [-0.2, -0.15) is 4.98 Å². The minimum Gasteiger partial charge on any atom is -0.497 e. The molecule has 2 heterocycles. The Bertz CT molecular complexity index is 988. The predicted molar refractivity (Wildman–Crippen MR) is 106 cm³/mol.